The van der Waals surface area contributed by atoms with Crippen molar-refractivity contribution in [2.24, 2.45) is 10.7 Å². The summed E-state index contributed by atoms with van der Waals surface area (Å²) in [5, 5.41) is 2.11. The van der Waals surface area contributed by atoms with Crippen molar-refractivity contribution in [2.45, 2.75) is 32.1 Å². The van der Waals surface area contributed by atoms with Gasteiger partial charge in [-0.2, -0.15) is 0 Å². The van der Waals surface area contributed by atoms with Crippen LogP contribution in [0.1, 0.15) is 30.6 Å². The topological polar surface area (TPSA) is 41.6 Å². The van der Waals surface area contributed by atoms with E-state index in [2.05, 4.69) is 27.4 Å². The van der Waals surface area contributed by atoms with Crippen LogP contribution in [0.5, 0.6) is 0 Å². The maximum absolute atomic E-state index is 6.04. The van der Waals surface area contributed by atoms with Gasteiger partial charge in [0.05, 0.1) is 0 Å². The lowest BCUT2D eigenvalue weighted by atomic mass is 10.2. The highest BCUT2D eigenvalue weighted by atomic mass is 32.1. The lowest BCUT2D eigenvalue weighted by molar-refractivity contribution is 0.428. The lowest BCUT2D eigenvalue weighted by Gasteiger charge is -2.20. The molecule has 2 rings (SSSR count). The molecule has 4 heteroatoms. The van der Waals surface area contributed by atoms with Crippen LogP contribution in [0.4, 0.5) is 0 Å². The number of hydrogen-bond donors (Lipinski definition) is 1. The van der Waals surface area contributed by atoms with Crippen LogP contribution in [0.2, 0.25) is 0 Å². The number of nitrogens with zero attached hydrogens (tertiary/aromatic N) is 2. The first-order chi connectivity index (χ1) is 8.36. The Morgan fingerprint density at radius 2 is 2.06 bits per heavy atom. The standard InChI is InChI=1S/C13H21N3S/c14-13(16-9-3-1-2-4-10-16)15-8-7-12-6-5-11-17-12/h5-6,11H,1-4,7-10H2,(H2,14,15). The molecule has 0 unspecified atom stereocenters. The summed E-state index contributed by atoms with van der Waals surface area (Å²) >= 11 is 1.79. The van der Waals surface area contributed by atoms with Gasteiger partial charge < -0.3 is 10.6 Å². The van der Waals surface area contributed by atoms with E-state index in [1.165, 1.54) is 30.6 Å². The number of hydrogen-bond acceptors (Lipinski definition) is 2. The van der Waals surface area contributed by atoms with E-state index < -0.39 is 0 Å². The van der Waals surface area contributed by atoms with Gasteiger partial charge in [0.1, 0.15) is 0 Å². The first-order valence-corrected chi connectivity index (χ1v) is 7.31. The van der Waals surface area contributed by atoms with Crippen molar-refractivity contribution in [3.8, 4) is 0 Å². The van der Waals surface area contributed by atoms with Gasteiger partial charge in [-0.3, -0.25) is 4.99 Å². The van der Waals surface area contributed by atoms with Crippen LogP contribution in [-0.4, -0.2) is 30.5 Å². The lowest BCUT2D eigenvalue weighted by Crippen LogP contribution is -2.38. The zero-order valence-electron chi connectivity index (χ0n) is 10.3. The van der Waals surface area contributed by atoms with Gasteiger partial charge >= 0.3 is 0 Å². The van der Waals surface area contributed by atoms with Crippen molar-refractivity contribution < 1.29 is 0 Å². The molecule has 3 nitrogen and oxygen atoms in total. The van der Waals surface area contributed by atoms with Gasteiger partial charge in [0.15, 0.2) is 5.96 Å². The molecule has 94 valence electrons. The van der Waals surface area contributed by atoms with Gasteiger partial charge in [-0.1, -0.05) is 18.9 Å². The van der Waals surface area contributed by atoms with Crippen molar-refractivity contribution >= 4 is 17.3 Å². The highest BCUT2D eigenvalue weighted by molar-refractivity contribution is 7.09. The molecular weight excluding hydrogens is 230 g/mol. The molecule has 1 fully saturated rings. The predicted molar refractivity (Wildman–Crippen MR) is 74.6 cm³/mol. The van der Waals surface area contributed by atoms with E-state index in [0.29, 0.717) is 0 Å². The fraction of sp³-hybridized carbons (Fsp3) is 0.615. The Hall–Kier alpha value is -1.03. The van der Waals surface area contributed by atoms with E-state index in [0.717, 1.165) is 32.0 Å². The van der Waals surface area contributed by atoms with Gasteiger partial charge in [-0.05, 0) is 24.3 Å². The summed E-state index contributed by atoms with van der Waals surface area (Å²) in [7, 11) is 0. The van der Waals surface area contributed by atoms with E-state index in [9.17, 15) is 0 Å². The molecule has 0 amide bonds. The van der Waals surface area contributed by atoms with E-state index in [1.807, 2.05) is 0 Å². The SMILES string of the molecule is NC(=NCCc1cccs1)N1CCCCCC1. The Balaban J connectivity index is 1.79. The van der Waals surface area contributed by atoms with Crippen molar-refractivity contribution in [1.82, 2.24) is 4.90 Å². The van der Waals surface area contributed by atoms with Crippen LogP contribution in [0, 0.1) is 0 Å². The Labute approximate surface area is 107 Å². The Morgan fingerprint density at radius 1 is 1.29 bits per heavy atom. The molecule has 0 bridgehead atoms. The molecule has 2 heterocycles. The highest BCUT2D eigenvalue weighted by Crippen LogP contribution is 2.10. The zero-order valence-corrected chi connectivity index (χ0v) is 11.1. The molecule has 0 aliphatic carbocycles. The first-order valence-electron chi connectivity index (χ1n) is 6.43. The number of thiophene rings is 1. The summed E-state index contributed by atoms with van der Waals surface area (Å²) < 4.78 is 0. The Kier molecular flexibility index (Phi) is 4.86. The molecule has 0 atom stereocenters. The fourth-order valence-corrected chi connectivity index (χ4v) is 2.83. The van der Waals surface area contributed by atoms with Gasteiger partial charge in [0.25, 0.3) is 0 Å². The maximum Gasteiger partial charge on any atom is 0.191 e. The molecule has 0 radical (unpaired) electrons. The fourth-order valence-electron chi connectivity index (χ4n) is 2.14. The molecule has 0 aromatic carbocycles. The minimum atomic E-state index is 0.739. The number of likely N-dealkylation sites (tertiary alicyclic amines) is 1. The van der Waals surface area contributed by atoms with Crippen LogP contribution >= 0.6 is 11.3 Å². The van der Waals surface area contributed by atoms with Crippen LogP contribution < -0.4 is 5.73 Å². The number of guanidine groups is 1. The minimum Gasteiger partial charge on any atom is -0.370 e. The van der Waals surface area contributed by atoms with Crippen molar-refractivity contribution in [3.63, 3.8) is 0 Å². The normalized spacial score (nSPS) is 18.1. The summed E-state index contributed by atoms with van der Waals surface area (Å²) in [6, 6.07) is 4.24. The molecule has 2 N–H and O–H groups in total. The monoisotopic (exact) mass is 251 g/mol. The number of nitrogens with two attached hydrogens (primary N) is 1. The Morgan fingerprint density at radius 3 is 2.71 bits per heavy atom. The molecular formula is C13H21N3S. The quantitative estimate of drug-likeness (QED) is 0.662. The van der Waals surface area contributed by atoms with Gasteiger partial charge in [0.2, 0.25) is 0 Å². The van der Waals surface area contributed by atoms with Crippen LogP contribution in [0.15, 0.2) is 22.5 Å². The van der Waals surface area contributed by atoms with Gasteiger partial charge in [0, 0.05) is 30.9 Å². The molecule has 1 aromatic rings. The zero-order chi connectivity index (χ0) is 11.9. The molecule has 1 saturated heterocycles. The first kappa shape index (κ1) is 12.4. The van der Waals surface area contributed by atoms with Gasteiger partial charge in [-0.25, -0.2) is 0 Å². The summed E-state index contributed by atoms with van der Waals surface area (Å²) in [4.78, 5) is 8.12. The molecule has 0 spiro atoms. The predicted octanol–water partition coefficient (Wildman–Crippen LogP) is 2.48. The van der Waals surface area contributed by atoms with Crippen LogP contribution in [0.25, 0.3) is 0 Å². The van der Waals surface area contributed by atoms with Crippen molar-refractivity contribution in [2.75, 3.05) is 19.6 Å². The Bertz CT molecular complexity index is 338. The van der Waals surface area contributed by atoms with E-state index in [-0.39, 0.29) is 0 Å². The summed E-state index contributed by atoms with van der Waals surface area (Å²) in [6.07, 6.45) is 6.17. The second-order valence-electron chi connectivity index (χ2n) is 4.47. The smallest absolute Gasteiger partial charge is 0.191 e. The minimum absolute atomic E-state index is 0.739. The molecule has 1 aliphatic rings. The average molecular weight is 251 g/mol. The molecule has 1 aliphatic heterocycles. The third-order valence-electron chi connectivity index (χ3n) is 3.14. The van der Waals surface area contributed by atoms with Gasteiger partial charge in [-0.15, -0.1) is 11.3 Å². The van der Waals surface area contributed by atoms with Crippen LogP contribution in [-0.2, 0) is 6.42 Å². The number of rotatable bonds is 3. The second kappa shape index (κ2) is 6.64. The third-order valence-corrected chi connectivity index (χ3v) is 4.08. The van der Waals surface area contributed by atoms with Crippen molar-refractivity contribution in [3.05, 3.63) is 22.4 Å². The largest absolute Gasteiger partial charge is 0.370 e. The summed E-state index contributed by atoms with van der Waals surface area (Å²) in [6.45, 7) is 2.96. The molecule has 0 saturated carbocycles. The molecule has 17 heavy (non-hydrogen) atoms. The third kappa shape index (κ3) is 4.04. The van der Waals surface area contributed by atoms with Crippen LogP contribution in [0.3, 0.4) is 0 Å². The van der Waals surface area contributed by atoms with E-state index in [1.54, 1.807) is 11.3 Å². The number of aliphatic imine (C=N–C) groups is 1. The molecule has 1 aromatic heterocycles. The maximum atomic E-state index is 6.04. The van der Waals surface area contributed by atoms with E-state index in [4.69, 9.17) is 5.73 Å². The highest BCUT2D eigenvalue weighted by Gasteiger charge is 2.10. The van der Waals surface area contributed by atoms with Crippen molar-refractivity contribution in [1.29, 1.82) is 0 Å². The average Bonchev–Trinajstić information content (AvgIpc) is 2.69. The summed E-state index contributed by atoms with van der Waals surface area (Å²) in [5.41, 5.74) is 6.04. The van der Waals surface area contributed by atoms with E-state index >= 15 is 0 Å². The summed E-state index contributed by atoms with van der Waals surface area (Å²) in [5.74, 6) is 0.739. The second-order valence-corrected chi connectivity index (χ2v) is 5.50.